The maximum absolute atomic E-state index is 12.3. The minimum Gasteiger partial charge on any atom is -0.464 e. The number of methoxy groups -OCH3 is 1. The Kier molecular flexibility index (Phi) is 4.16. The van der Waals surface area contributed by atoms with Crippen molar-refractivity contribution in [2.75, 3.05) is 12.4 Å². The minimum absolute atomic E-state index is 0.0579. The summed E-state index contributed by atoms with van der Waals surface area (Å²) in [5, 5.41) is 5.70. The molecule has 0 bridgehead atoms. The lowest BCUT2D eigenvalue weighted by atomic mass is 10.2. The number of anilines is 1. The van der Waals surface area contributed by atoms with Gasteiger partial charge >= 0.3 is 5.97 Å². The molecule has 0 atom stereocenters. The van der Waals surface area contributed by atoms with Crippen molar-refractivity contribution in [1.29, 1.82) is 0 Å². The van der Waals surface area contributed by atoms with Crippen LogP contribution in [0.1, 0.15) is 16.1 Å². The second-order valence-corrected chi connectivity index (χ2v) is 6.10. The number of esters is 1. The number of carbonyl (C=O) groups excluding carboxylic acids is 2. The zero-order valence-corrected chi connectivity index (χ0v) is 13.6. The summed E-state index contributed by atoms with van der Waals surface area (Å²) in [6.07, 6.45) is 0. The van der Waals surface area contributed by atoms with E-state index in [2.05, 4.69) is 5.32 Å². The molecular formula is C17H16N2O3S. The molecule has 118 valence electrons. The number of nitrogens with one attached hydrogen (secondary N) is 1. The molecule has 1 aromatic carbocycles. The number of carbonyl (C=O) groups is 2. The topological polar surface area (TPSA) is 60.3 Å². The van der Waals surface area contributed by atoms with Gasteiger partial charge in [0, 0.05) is 11.1 Å². The van der Waals surface area contributed by atoms with Crippen molar-refractivity contribution in [3.8, 4) is 0 Å². The van der Waals surface area contributed by atoms with Crippen LogP contribution in [0, 0.1) is 6.92 Å². The first-order valence-electron chi connectivity index (χ1n) is 7.10. The quantitative estimate of drug-likeness (QED) is 0.746. The average molecular weight is 328 g/mol. The van der Waals surface area contributed by atoms with Gasteiger partial charge in [-0.15, -0.1) is 11.3 Å². The van der Waals surface area contributed by atoms with Crippen LogP contribution in [0.3, 0.4) is 0 Å². The molecule has 0 fully saturated rings. The molecule has 0 radical (unpaired) electrons. The molecule has 0 aliphatic carbocycles. The van der Waals surface area contributed by atoms with E-state index in [0.717, 1.165) is 21.5 Å². The maximum Gasteiger partial charge on any atom is 0.354 e. The average Bonchev–Trinajstić information content (AvgIpc) is 3.11. The number of aryl methyl sites for hydroxylation is 1. The maximum atomic E-state index is 12.3. The summed E-state index contributed by atoms with van der Waals surface area (Å²) < 4.78 is 6.49. The Morgan fingerprint density at radius 3 is 2.65 bits per heavy atom. The van der Waals surface area contributed by atoms with Gasteiger partial charge in [0.2, 0.25) is 5.91 Å². The third kappa shape index (κ3) is 3.12. The molecule has 0 unspecified atom stereocenters. The van der Waals surface area contributed by atoms with Crippen molar-refractivity contribution in [3.05, 3.63) is 53.0 Å². The molecule has 0 spiro atoms. The molecular weight excluding hydrogens is 312 g/mol. The lowest BCUT2D eigenvalue weighted by Crippen LogP contribution is -2.21. The van der Waals surface area contributed by atoms with Crippen molar-refractivity contribution in [3.63, 3.8) is 0 Å². The fraction of sp³-hybridized carbons (Fsp3) is 0.176. The first kappa shape index (κ1) is 15.3. The van der Waals surface area contributed by atoms with Gasteiger partial charge in [-0.3, -0.25) is 4.79 Å². The molecule has 2 heterocycles. The Hall–Kier alpha value is -2.60. The van der Waals surface area contributed by atoms with Gasteiger partial charge in [0.05, 0.1) is 7.11 Å². The van der Waals surface area contributed by atoms with Crippen molar-refractivity contribution < 1.29 is 14.3 Å². The SMILES string of the molecule is COC(=O)c1cc2ccsc2n1CC(=O)Nc1ccc(C)cc1. The van der Waals surface area contributed by atoms with E-state index in [9.17, 15) is 9.59 Å². The standard InChI is InChI=1S/C17H16N2O3S/c1-11-3-5-13(6-4-11)18-15(20)10-19-14(17(21)22-2)9-12-7-8-23-16(12)19/h3-9H,10H2,1-2H3,(H,18,20). The van der Waals surface area contributed by atoms with Crippen LogP contribution in [0.15, 0.2) is 41.8 Å². The zero-order chi connectivity index (χ0) is 16.4. The van der Waals surface area contributed by atoms with Gasteiger partial charge in [-0.1, -0.05) is 17.7 Å². The normalized spacial score (nSPS) is 10.7. The molecule has 5 nitrogen and oxygen atoms in total. The molecule has 2 aromatic heterocycles. The smallest absolute Gasteiger partial charge is 0.354 e. The second kappa shape index (κ2) is 6.26. The van der Waals surface area contributed by atoms with Gasteiger partial charge in [-0.05, 0) is 36.6 Å². The molecule has 0 aliphatic rings. The number of ether oxygens (including phenoxy) is 1. The van der Waals surface area contributed by atoms with E-state index < -0.39 is 5.97 Å². The highest BCUT2D eigenvalue weighted by Gasteiger charge is 2.18. The van der Waals surface area contributed by atoms with Crippen molar-refractivity contribution in [2.45, 2.75) is 13.5 Å². The Balaban J connectivity index is 1.85. The van der Waals surface area contributed by atoms with Gasteiger partial charge in [0.15, 0.2) is 0 Å². The van der Waals surface area contributed by atoms with Crippen molar-refractivity contribution in [1.82, 2.24) is 4.57 Å². The van der Waals surface area contributed by atoms with Crippen LogP contribution in [-0.2, 0) is 16.1 Å². The van der Waals surface area contributed by atoms with Gasteiger partial charge in [-0.2, -0.15) is 0 Å². The molecule has 1 N–H and O–H groups in total. The first-order valence-corrected chi connectivity index (χ1v) is 7.98. The van der Waals surface area contributed by atoms with E-state index in [1.165, 1.54) is 18.4 Å². The van der Waals surface area contributed by atoms with Crippen LogP contribution in [0.25, 0.3) is 10.2 Å². The Bertz CT molecular complexity index is 862. The van der Waals surface area contributed by atoms with Crippen molar-refractivity contribution in [2.24, 2.45) is 0 Å². The summed E-state index contributed by atoms with van der Waals surface area (Å²) in [6.45, 7) is 2.05. The second-order valence-electron chi connectivity index (χ2n) is 5.20. The monoisotopic (exact) mass is 328 g/mol. The third-order valence-corrected chi connectivity index (χ3v) is 4.49. The molecule has 3 aromatic rings. The van der Waals surface area contributed by atoms with E-state index in [4.69, 9.17) is 4.74 Å². The van der Waals surface area contributed by atoms with E-state index in [-0.39, 0.29) is 12.5 Å². The summed E-state index contributed by atoms with van der Waals surface area (Å²) in [4.78, 5) is 25.1. The number of rotatable bonds is 4. The summed E-state index contributed by atoms with van der Waals surface area (Å²) in [5.41, 5.74) is 2.24. The van der Waals surface area contributed by atoms with Crippen LogP contribution < -0.4 is 5.32 Å². The molecule has 0 saturated carbocycles. The molecule has 0 aliphatic heterocycles. The Morgan fingerprint density at radius 2 is 1.96 bits per heavy atom. The lowest BCUT2D eigenvalue weighted by Gasteiger charge is -2.09. The highest BCUT2D eigenvalue weighted by Crippen LogP contribution is 2.26. The summed E-state index contributed by atoms with van der Waals surface area (Å²) in [7, 11) is 1.33. The van der Waals surface area contributed by atoms with Gasteiger partial charge < -0.3 is 14.6 Å². The van der Waals surface area contributed by atoms with Crippen LogP contribution in [0.4, 0.5) is 5.69 Å². The minimum atomic E-state index is -0.448. The third-order valence-electron chi connectivity index (χ3n) is 3.53. The predicted molar refractivity (Wildman–Crippen MR) is 91.0 cm³/mol. The number of nitrogens with zero attached hydrogens (tertiary/aromatic N) is 1. The van der Waals surface area contributed by atoms with E-state index in [0.29, 0.717) is 5.69 Å². The van der Waals surface area contributed by atoms with Crippen LogP contribution in [0.5, 0.6) is 0 Å². The summed E-state index contributed by atoms with van der Waals surface area (Å²) in [6, 6.07) is 11.2. The van der Waals surface area contributed by atoms with Crippen LogP contribution in [0.2, 0.25) is 0 Å². The summed E-state index contributed by atoms with van der Waals surface area (Å²) >= 11 is 1.49. The number of benzene rings is 1. The first-order chi connectivity index (χ1) is 11.1. The highest BCUT2D eigenvalue weighted by molar-refractivity contribution is 7.16. The number of aromatic nitrogens is 1. The predicted octanol–water partition coefficient (Wildman–Crippen LogP) is 3.44. The Labute approximate surface area is 137 Å². The number of thiophene rings is 1. The fourth-order valence-electron chi connectivity index (χ4n) is 2.39. The van der Waals surface area contributed by atoms with Crippen LogP contribution >= 0.6 is 11.3 Å². The van der Waals surface area contributed by atoms with Gasteiger partial charge in [-0.25, -0.2) is 4.79 Å². The van der Waals surface area contributed by atoms with E-state index >= 15 is 0 Å². The van der Waals surface area contributed by atoms with Crippen LogP contribution in [-0.4, -0.2) is 23.6 Å². The fourth-order valence-corrected chi connectivity index (χ4v) is 3.28. The molecule has 1 amide bonds. The van der Waals surface area contributed by atoms with E-state index in [1.807, 2.05) is 42.6 Å². The molecule has 6 heteroatoms. The number of fused-ring (bicyclic) bond motifs is 1. The molecule has 3 rings (SSSR count). The van der Waals surface area contributed by atoms with Crippen molar-refractivity contribution >= 4 is 39.1 Å². The zero-order valence-electron chi connectivity index (χ0n) is 12.8. The summed E-state index contributed by atoms with van der Waals surface area (Å²) in [5.74, 6) is -0.638. The van der Waals surface area contributed by atoms with Gasteiger partial charge in [0.25, 0.3) is 0 Å². The molecule has 23 heavy (non-hydrogen) atoms. The largest absolute Gasteiger partial charge is 0.464 e. The van der Waals surface area contributed by atoms with Gasteiger partial charge in [0.1, 0.15) is 17.1 Å². The molecule has 0 saturated heterocycles. The Morgan fingerprint density at radius 1 is 1.22 bits per heavy atom. The lowest BCUT2D eigenvalue weighted by molar-refractivity contribution is -0.116. The number of hydrogen-bond donors (Lipinski definition) is 1. The highest BCUT2D eigenvalue weighted by atomic mass is 32.1. The number of hydrogen-bond acceptors (Lipinski definition) is 4. The number of amides is 1. The van der Waals surface area contributed by atoms with E-state index in [1.54, 1.807) is 10.6 Å².